The fraction of sp³-hybridized carbons (Fsp3) is 0.545. The van der Waals surface area contributed by atoms with Crippen molar-refractivity contribution in [1.29, 1.82) is 0 Å². The minimum Gasteiger partial charge on any atom is -0.492 e. The van der Waals surface area contributed by atoms with E-state index in [-0.39, 0.29) is 0 Å². The maximum Gasteiger partial charge on any atom is 0.191 e. The van der Waals surface area contributed by atoms with Gasteiger partial charge in [0.2, 0.25) is 0 Å². The summed E-state index contributed by atoms with van der Waals surface area (Å²) in [6.45, 7) is 11.4. The topological polar surface area (TPSA) is 71.0 Å². The summed E-state index contributed by atoms with van der Waals surface area (Å²) in [5.41, 5.74) is 2.20. The highest BCUT2D eigenvalue weighted by atomic mass is 32.1. The first kappa shape index (κ1) is 24.1. The van der Waals surface area contributed by atoms with Gasteiger partial charge in [-0.2, -0.15) is 0 Å². The molecule has 0 fully saturated rings. The van der Waals surface area contributed by atoms with Crippen molar-refractivity contribution in [2.75, 3.05) is 47.0 Å². The zero-order chi connectivity index (χ0) is 21.8. The molecule has 0 bridgehead atoms. The van der Waals surface area contributed by atoms with Gasteiger partial charge >= 0.3 is 0 Å². The molecule has 2 aromatic rings. The summed E-state index contributed by atoms with van der Waals surface area (Å²) in [4.78, 5) is 12.6. The fourth-order valence-corrected chi connectivity index (χ4v) is 3.70. The molecule has 8 heteroatoms. The Labute approximate surface area is 184 Å². The molecule has 0 radical (unpaired) electrons. The van der Waals surface area contributed by atoms with Gasteiger partial charge in [0.05, 0.1) is 30.4 Å². The van der Waals surface area contributed by atoms with Gasteiger partial charge in [0.15, 0.2) is 5.96 Å². The SMILES string of the molecule is CCNC(=NCc1cccc(OCCN(C)CCOC)c1)NCc1sc(C)nc1C. The first-order chi connectivity index (χ1) is 14.5. The molecule has 0 aliphatic carbocycles. The van der Waals surface area contributed by atoms with E-state index in [9.17, 15) is 0 Å². The van der Waals surface area contributed by atoms with Gasteiger partial charge in [-0.15, -0.1) is 11.3 Å². The summed E-state index contributed by atoms with van der Waals surface area (Å²) in [5.74, 6) is 1.67. The Bertz CT molecular complexity index is 794. The predicted molar refractivity (Wildman–Crippen MR) is 125 cm³/mol. The number of hydrogen-bond donors (Lipinski definition) is 2. The number of nitrogens with zero attached hydrogens (tertiary/aromatic N) is 3. The van der Waals surface area contributed by atoms with Gasteiger partial charge in [-0.05, 0) is 45.5 Å². The summed E-state index contributed by atoms with van der Waals surface area (Å²) in [7, 11) is 3.79. The molecule has 0 spiro atoms. The van der Waals surface area contributed by atoms with Gasteiger partial charge in [-0.3, -0.25) is 0 Å². The molecule has 1 heterocycles. The van der Waals surface area contributed by atoms with Crippen LogP contribution in [-0.4, -0.2) is 62.8 Å². The third-order valence-corrected chi connectivity index (χ3v) is 5.57. The molecule has 0 saturated heterocycles. The van der Waals surface area contributed by atoms with Crippen LogP contribution in [0.2, 0.25) is 0 Å². The van der Waals surface area contributed by atoms with Crippen molar-refractivity contribution in [3.05, 3.63) is 45.4 Å². The van der Waals surface area contributed by atoms with Gasteiger partial charge in [-0.25, -0.2) is 9.98 Å². The number of guanidine groups is 1. The third kappa shape index (κ3) is 8.69. The van der Waals surface area contributed by atoms with E-state index >= 15 is 0 Å². The smallest absolute Gasteiger partial charge is 0.191 e. The Morgan fingerprint density at radius 1 is 1.20 bits per heavy atom. The zero-order valence-corrected chi connectivity index (χ0v) is 19.6. The van der Waals surface area contributed by atoms with Crippen LogP contribution < -0.4 is 15.4 Å². The molecule has 166 valence electrons. The van der Waals surface area contributed by atoms with Crippen LogP contribution in [-0.2, 0) is 17.8 Å². The van der Waals surface area contributed by atoms with E-state index in [1.54, 1.807) is 18.4 Å². The summed E-state index contributed by atoms with van der Waals surface area (Å²) < 4.78 is 11.0. The van der Waals surface area contributed by atoms with Crippen molar-refractivity contribution < 1.29 is 9.47 Å². The molecule has 2 N–H and O–H groups in total. The van der Waals surface area contributed by atoms with Crippen LogP contribution in [0.3, 0.4) is 0 Å². The monoisotopic (exact) mass is 433 g/mol. The van der Waals surface area contributed by atoms with Gasteiger partial charge in [0.25, 0.3) is 0 Å². The molecule has 7 nitrogen and oxygen atoms in total. The third-order valence-electron chi connectivity index (χ3n) is 4.50. The van der Waals surface area contributed by atoms with Crippen LogP contribution in [0, 0.1) is 13.8 Å². The predicted octanol–water partition coefficient (Wildman–Crippen LogP) is 2.97. The van der Waals surface area contributed by atoms with Crippen molar-refractivity contribution >= 4 is 17.3 Å². The highest BCUT2D eigenvalue weighted by Crippen LogP contribution is 2.17. The van der Waals surface area contributed by atoms with E-state index in [0.29, 0.717) is 13.2 Å². The number of benzene rings is 1. The zero-order valence-electron chi connectivity index (χ0n) is 18.8. The summed E-state index contributed by atoms with van der Waals surface area (Å²) in [5, 5.41) is 7.80. The second-order valence-corrected chi connectivity index (χ2v) is 8.37. The fourth-order valence-electron chi connectivity index (χ4n) is 2.83. The lowest BCUT2D eigenvalue weighted by atomic mass is 10.2. The number of ether oxygens (including phenoxy) is 2. The van der Waals surface area contributed by atoms with Gasteiger partial charge in [0.1, 0.15) is 12.4 Å². The van der Waals surface area contributed by atoms with E-state index in [4.69, 9.17) is 14.5 Å². The van der Waals surface area contributed by atoms with Crippen LogP contribution in [0.15, 0.2) is 29.3 Å². The van der Waals surface area contributed by atoms with Crippen molar-refractivity contribution in [3.63, 3.8) is 0 Å². The summed E-state index contributed by atoms with van der Waals surface area (Å²) >= 11 is 1.72. The first-order valence-electron chi connectivity index (χ1n) is 10.4. The molecule has 0 unspecified atom stereocenters. The number of hydrogen-bond acceptors (Lipinski definition) is 6. The molecule has 1 aromatic heterocycles. The van der Waals surface area contributed by atoms with Crippen LogP contribution in [0.5, 0.6) is 5.75 Å². The second-order valence-electron chi connectivity index (χ2n) is 7.08. The van der Waals surface area contributed by atoms with Crippen LogP contribution in [0.1, 0.15) is 28.1 Å². The van der Waals surface area contributed by atoms with Gasteiger partial charge in [-0.1, -0.05) is 12.1 Å². The largest absolute Gasteiger partial charge is 0.492 e. The van der Waals surface area contributed by atoms with Gasteiger partial charge in [0, 0.05) is 31.6 Å². The summed E-state index contributed by atoms with van der Waals surface area (Å²) in [6, 6.07) is 8.12. The number of aliphatic imine (C=N–C) groups is 1. The number of methoxy groups -OCH3 is 1. The highest BCUT2D eigenvalue weighted by Gasteiger charge is 2.06. The standard InChI is InChI=1S/C22H35N5O2S/c1-6-23-22(25-16-21-17(2)26-18(3)30-21)24-15-19-8-7-9-20(14-19)29-13-11-27(4)10-12-28-5/h7-9,14H,6,10-13,15-16H2,1-5H3,(H2,23,24,25). The van der Waals surface area contributed by atoms with Crippen LogP contribution in [0.4, 0.5) is 0 Å². The molecule has 1 aromatic carbocycles. The van der Waals surface area contributed by atoms with Crippen LogP contribution in [0.25, 0.3) is 0 Å². The summed E-state index contributed by atoms with van der Waals surface area (Å²) in [6.07, 6.45) is 0. The van der Waals surface area contributed by atoms with E-state index in [2.05, 4.69) is 46.6 Å². The Morgan fingerprint density at radius 2 is 2.00 bits per heavy atom. The molecule has 0 saturated carbocycles. The van der Waals surface area contributed by atoms with E-state index in [1.807, 2.05) is 26.0 Å². The molecule has 0 amide bonds. The van der Waals surface area contributed by atoms with E-state index < -0.39 is 0 Å². The highest BCUT2D eigenvalue weighted by molar-refractivity contribution is 7.11. The molecular weight excluding hydrogens is 398 g/mol. The first-order valence-corrected chi connectivity index (χ1v) is 11.2. The molecule has 2 rings (SSSR count). The number of likely N-dealkylation sites (N-methyl/N-ethyl adjacent to an activating group) is 1. The maximum atomic E-state index is 5.90. The number of aryl methyl sites for hydroxylation is 2. The van der Waals surface area contributed by atoms with E-state index in [0.717, 1.165) is 60.8 Å². The second kappa shape index (κ2) is 13.2. The van der Waals surface area contributed by atoms with Crippen molar-refractivity contribution in [1.82, 2.24) is 20.5 Å². The average Bonchev–Trinajstić information content (AvgIpc) is 3.05. The Morgan fingerprint density at radius 3 is 2.70 bits per heavy atom. The Balaban J connectivity index is 1.87. The van der Waals surface area contributed by atoms with Crippen LogP contribution >= 0.6 is 11.3 Å². The molecular formula is C22H35N5O2S. The lowest BCUT2D eigenvalue weighted by Crippen LogP contribution is -2.36. The lowest BCUT2D eigenvalue weighted by molar-refractivity contribution is 0.150. The van der Waals surface area contributed by atoms with E-state index in [1.165, 1.54) is 4.88 Å². The lowest BCUT2D eigenvalue weighted by Gasteiger charge is -2.16. The van der Waals surface area contributed by atoms with Crippen molar-refractivity contribution in [2.45, 2.75) is 33.9 Å². The maximum absolute atomic E-state index is 5.90. The Hall–Kier alpha value is -2.16. The minimum atomic E-state index is 0.584. The minimum absolute atomic E-state index is 0.584. The molecule has 0 atom stereocenters. The molecule has 30 heavy (non-hydrogen) atoms. The van der Waals surface area contributed by atoms with Crippen molar-refractivity contribution in [2.24, 2.45) is 4.99 Å². The molecule has 0 aliphatic heterocycles. The van der Waals surface area contributed by atoms with Crippen molar-refractivity contribution in [3.8, 4) is 5.75 Å². The average molecular weight is 434 g/mol. The molecule has 0 aliphatic rings. The quantitative estimate of drug-likeness (QED) is 0.396. The number of rotatable bonds is 12. The number of aromatic nitrogens is 1. The normalized spacial score (nSPS) is 11.7. The number of nitrogens with one attached hydrogen (secondary N) is 2. The Kier molecular flexibility index (Phi) is 10.6. The number of thiazole rings is 1. The van der Waals surface area contributed by atoms with Gasteiger partial charge < -0.3 is 25.0 Å².